The summed E-state index contributed by atoms with van der Waals surface area (Å²) < 4.78 is 0. The molecule has 18 heavy (non-hydrogen) atoms. The second-order valence-corrected chi connectivity index (χ2v) is 6.04. The maximum absolute atomic E-state index is 12.3. The van der Waals surface area contributed by atoms with Gasteiger partial charge in [0.25, 0.3) is 5.91 Å². The van der Waals surface area contributed by atoms with Crippen LogP contribution in [-0.2, 0) is 0 Å². The SMILES string of the molecule is Cc1[nH]ncc1C(=O)NC1(CBr)CCCC(C)C1. The standard InChI is InChI=1S/C13H20BrN3O/c1-9-4-3-5-13(6-9,8-14)16-12(18)11-7-15-17-10(11)2/h7,9H,3-6,8H2,1-2H3,(H,15,17)(H,16,18). The molecule has 1 heterocycles. The van der Waals surface area contributed by atoms with Crippen molar-refractivity contribution in [3.05, 3.63) is 17.5 Å². The Morgan fingerprint density at radius 3 is 3.06 bits per heavy atom. The van der Waals surface area contributed by atoms with Crippen LogP contribution < -0.4 is 5.32 Å². The highest BCUT2D eigenvalue weighted by molar-refractivity contribution is 9.09. The Hall–Kier alpha value is -0.840. The van der Waals surface area contributed by atoms with Crippen molar-refractivity contribution in [1.29, 1.82) is 0 Å². The lowest BCUT2D eigenvalue weighted by Crippen LogP contribution is -2.52. The monoisotopic (exact) mass is 313 g/mol. The van der Waals surface area contributed by atoms with Crippen molar-refractivity contribution in [3.63, 3.8) is 0 Å². The minimum Gasteiger partial charge on any atom is -0.346 e. The summed E-state index contributed by atoms with van der Waals surface area (Å²) >= 11 is 3.57. The first-order chi connectivity index (χ1) is 8.56. The van der Waals surface area contributed by atoms with Gasteiger partial charge >= 0.3 is 0 Å². The second kappa shape index (κ2) is 5.43. The molecule has 0 spiro atoms. The normalized spacial score (nSPS) is 28.1. The number of carbonyl (C=O) groups is 1. The van der Waals surface area contributed by atoms with E-state index >= 15 is 0 Å². The lowest BCUT2D eigenvalue weighted by atomic mass is 9.77. The van der Waals surface area contributed by atoms with Gasteiger partial charge in [-0.1, -0.05) is 35.7 Å². The quantitative estimate of drug-likeness (QED) is 0.843. The smallest absolute Gasteiger partial charge is 0.255 e. The Kier molecular flexibility index (Phi) is 4.10. The highest BCUT2D eigenvalue weighted by atomic mass is 79.9. The molecule has 0 saturated heterocycles. The van der Waals surface area contributed by atoms with Crippen LogP contribution in [-0.4, -0.2) is 27.0 Å². The number of carbonyl (C=O) groups excluding carboxylic acids is 1. The number of nitrogens with zero attached hydrogens (tertiary/aromatic N) is 1. The molecule has 1 amide bonds. The number of hydrogen-bond donors (Lipinski definition) is 2. The Labute approximate surface area is 116 Å². The third-order valence-electron chi connectivity index (χ3n) is 3.80. The fraction of sp³-hybridized carbons (Fsp3) is 0.692. The molecule has 1 aromatic heterocycles. The first kappa shape index (κ1) is 13.6. The van der Waals surface area contributed by atoms with E-state index in [9.17, 15) is 4.79 Å². The van der Waals surface area contributed by atoms with Crippen LogP contribution in [0.2, 0.25) is 0 Å². The molecule has 0 aromatic carbocycles. The number of aromatic amines is 1. The maximum atomic E-state index is 12.3. The molecule has 2 atom stereocenters. The molecule has 100 valence electrons. The summed E-state index contributed by atoms with van der Waals surface area (Å²) in [6, 6.07) is 0. The van der Waals surface area contributed by atoms with Gasteiger partial charge in [-0.3, -0.25) is 9.89 Å². The van der Waals surface area contributed by atoms with Gasteiger partial charge in [-0.05, 0) is 25.7 Å². The maximum Gasteiger partial charge on any atom is 0.255 e. The lowest BCUT2D eigenvalue weighted by molar-refractivity contribution is 0.0869. The van der Waals surface area contributed by atoms with Gasteiger partial charge in [0.1, 0.15) is 0 Å². The average Bonchev–Trinajstić information content (AvgIpc) is 2.75. The van der Waals surface area contributed by atoms with E-state index in [2.05, 4.69) is 38.4 Å². The molecule has 2 rings (SSSR count). The van der Waals surface area contributed by atoms with Crippen LogP contribution in [0.5, 0.6) is 0 Å². The number of alkyl halides is 1. The van der Waals surface area contributed by atoms with Crippen LogP contribution in [0, 0.1) is 12.8 Å². The molecule has 1 saturated carbocycles. The molecule has 5 heteroatoms. The number of aromatic nitrogens is 2. The number of rotatable bonds is 3. The van der Waals surface area contributed by atoms with Gasteiger partial charge in [0.15, 0.2) is 0 Å². The lowest BCUT2D eigenvalue weighted by Gasteiger charge is -2.39. The van der Waals surface area contributed by atoms with Crippen molar-refractivity contribution in [1.82, 2.24) is 15.5 Å². The first-order valence-corrected chi connectivity index (χ1v) is 7.57. The van der Waals surface area contributed by atoms with E-state index in [0.717, 1.165) is 23.9 Å². The number of H-pyrrole nitrogens is 1. The van der Waals surface area contributed by atoms with E-state index in [-0.39, 0.29) is 11.4 Å². The minimum absolute atomic E-state index is 0.0187. The van der Waals surface area contributed by atoms with Gasteiger partial charge in [-0.25, -0.2) is 0 Å². The predicted octanol–water partition coefficient (Wildman–Crippen LogP) is 2.79. The summed E-state index contributed by atoms with van der Waals surface area (Å²) in [5, 5.41) is 10.7. The van der Waals surface area contributed by atoms with Gasteiger partial charge < -0.3 is 5.32 Å². The van der Waals surface area contributed by atoms with Gasteiger partial charge in [0.05, 0.1) is 17.3 Å². The van der Waals surface area contributed by atoms with Crippen molar-refractivity contribution in [3.8, 4) is 0 Å². The summed E-state index contributed by atoms with van der Waals surface area (Å²) in [5.74, 6) is 0.650. The highest BCUT2D eigenvalue weighted by Crippen LogP contribution is 2.33. The molecular weight excluding hydrogens is 294 g/mol. The Morgan fingerprint density at radius 2 is 2.50 bits per heavy atom. The molecule has 0 aliphatic heterocycles. The number of amides is 1. The molecule has 4 nitrogen and oxygen atoms in total. The van der Waals surface area contributed by atoms with E-state index in [1.807, 2.05) is 6.92 Å². The van der Waals surface area contributed by atoms with Crippen LogP contribution >= 0.6 is 15.9 Å². The second-order valence-electron chi connectivity index (χ2n) is 5.48. The molecule has 1 aliphatic rings. The van der Waals surface area contributed by atoms with Crippen LogP contribution in [0.15, 0.2) is 6.20 Å². The topological polar surface area (TPSA) is 57.8 Å². The largest absolute Gasteiger partial charge is 0.346 e. The Morgan fingerprint density at radius 1 is 1.72 bits per heavy atom. The van der Waals surface area contributed by atoms with Crippen LogP contribution in [0.1, 0.15) is 48.7 Å². The van der Waals surface area contributed by atoms with Gasteiger partial charge in [0.2, 0.25) is 0 Å². The molecule has 1 fully saturated rings. The van der Waals surface area contributed by atoms with Gasteiger partial charge in [-0.15, -0.1) is 0 Å². The van der Waals surface area contributed by atoms with Crippen molar-refractivity contribution in [2.75, 3.05) is 5.33 Å². The molecule has 2 unspecified atom stereocenters. The molecule has 0 bridgehead atoms. The molecule has 2 N–H and O–H groups in total. The number of nitrogens with one attached hydrogen (secondary N) is 2. The van der Waals surface area contributed by atoms with Crippen molar-refractivity contribution in [2.24, 2.45) is 5.92 Å². The summed E-state index contributed by atoms with van der Waals surface area (Å²) in [4.78, 5) is 12.3. The van der Waals surface area contributed by atoms with E-state index in [4.69, 9.17) is 0 Å². The van der Waals surface area contributed by atoms with Crippen LogP contribution in [0.3, 0.4) is 0 Å². The predicted molar refractivity (Wildman–Crippen MR) is 74.9 cm³/mol. The molecule has 1 aliphatic carbocycles. The zero-order chi connectivity index (χ0) is 13.2. The zero-order valence-corrected chi connectivity index (χ0v) is 12.5. The number of halogens is 1. The van der Waals surface area contributed by atoms with E-state index < -0.39 is 0 Å². The fourth-order valence-corrected chi connectivity index (χ4v) is 3.47. The van der Waals surface area contributed by atoms with E-state index in [1.54, 1.807) is 6.20 Å². The average molecular weight is 314 g/mol. The van der Waals surface area contributed by atoms with E-state index in [1.165, 1.54) is 12.8 Å². The molecule has 1 aromatic rings. The summed E-state index contributed by atoms with van der Waals surface area (Å²) in [6.45, 7) is 4.12. The summed E-state index contributed by atoms with van der Waals surface area (Å²) in [5.41, 5.74) is 1.37. The Balaban J connectivity index is 2.11. The van der Waals surface area contributed by atoms with Crippen LogP contribution in [0.4, 0.5) is 0 Å². The van der Waals surface area contributed by atoms with Crippen LogP contribution in [0.25, 0.3) is 0 Å². The summed E-state index contributed by atoms with van der Waals surface area (Å²) in [6.07, 6.45) is 6.12. The summed E-state index contributed by atoms with van der Waals surface area (Å²) in [7, 11) is 0. The highest BCUT2D eigenvalue weighted by Gasteiger charge is 2.35. The molecular formula is C13H20BrN3O. The van der Waals surface area contributed by atoms with Gasteiger partial charge in [-0.2, -0.15) is 5.10 Å². The number of hydrogen-bond acceptors (Lipinski definition) is 2. The van der Waals surface area contributed by atoms with Crippen molar-refractivity contribution >= 4 is 21.8 Å². The third kappa shape index (κ3) is 2.76. The number of aryl methyl sites for hydroxylation is 1. The van der Waals surface area contributed by atoms with E-state index in [0.29, 0.717) is 11.5 Å². The van der Waals surface area contributed by atoms with Crippen molar-refractivity contribution < 1.29 is 4.79 Å². The Bertz CT molecular complexity index is 432. The molecule has 0 radical (unpaired) electrons. The first-order valence-electron chi connectivity index (χ1n) is 6.45. The third-order valence-corrected chi connectivity index (χ3v) is 4.87. The van der Waals surface area contributed by atoms with Crippen molar-refractivity contribution in [2.45, 2.75) is 45.1 Å². The minimum atomic E-state index is -0.0987. The zero-order valence-electron chi connectivity index (χ0n) is 10.9. The fourth-order valence-electron chi connectivity index (χ4n) is 2.82. The van der Waals surface area contributed by atoms with Gasteiger partial charge in [0, 0.05) is 11.0 Å².